The molecule has 0 aliphatic rings. The lowest BCUT2D eigenvalue weighted by atomic mass is 10.5. The van der Waals surface area contributed by atoms with E-state index in [-0.39, 0.29) is 6.61 Å². The molecule has 0 amide bonds. The molecule has 0 unspecified atom stereocenters. The van der Waals surface area contributed by atoms with E-state index in [9.17, 15) is 0 Å². The molecule has 0 aromatic carbocycles. The molecular weight excluding hydrogens is 236 g/mol. The standard InChI is InChI=1S/C8H8N2OS3/c1-5-9-10-8(12-5)14-7-3-2-6(4-11)13-7/h2-3,11H,4H2,1H3. The quantitative estimate of drug-likeness (QED) is 0.901. The van der Waals surface area contributed by atoms with Gasteiger partial charge in [-0.2, -0.15) is 0 Å². The van der Waals surface area contributed by atoms with Crippen molar-refractivity contribution in [1.29, 1.82) is 0 Å². The summed E-state index contributed by atoms with van der Waals surface area (Å²) in [5, 5.41) is 17.8. The average molecular weight is 244 g/mol. The Bertz CT molecular complexity index is 424. The maximum absolute atomic E-state index is 8.90. The van der Waals surface area contributed by atoms with E-state index < -0.39 is 0 Å². The van der Waals surface area contributed by atoms with Crippen LogP contribution < -0.4 is 0 Å². The Morgan fingerprint density at radius 2 is 2.21 bits per heavy atom. The van der Waals surface area contributed by atoms with E-state index in [4.69, 9.17) is 5.11 Å². The highest BCUT2D eigenvalue weighted by Gasteiger charge is 2.05. The van der Waals surface area contributed by atoms with Crippen molar-refractivity contribution in [3.05, 3.63) is 22.0 Å². The maximum Gasteiger partial charge on any atom is 0.179 e. The predicted octanol–water partition coefficient (Wildman–Crippen LogP) is 2.55. The van der Waals surface area contributed by atoms with Crippen LogP contribution in [0.5, 0.6) is 0 Å². The Labute approximate surface area is 93.8 Å². The minimum absolute atomic E-state index is 0.111. The fraction of sp³-hybridized carbons (Fsp3) is 0.250. The summed E-state index contributed by atoms with van der Waals surface area (Å²) < 4.78 is 2.10. The summed E-state index contributed by atoms with van der Waals surface area (Å²) in [6.45, 7) is 2.05. The summed E-state index contributed by atoms with van der Waals surface area (Å²) in [6, 6.07) is 3.93. The number of thiophene rings is 1. The van der Waals surface area contributed by atoms with E-state index >= 15 is 0 Å². The van der Waals surface area contributed by atoms with Crippen LogP contribution in [0, 0.1) is 6.92 Å². The first kappa shape index (κ1) is 10.1. The number of hydrogen-bond donors (Lipinski definition) is 1. The Kier molecular flexibility index (Phi) is 3.17. The second kappa shape index (κ2) is 4.39. The number of hydrogen-bond acceptors (Lipinski definition) is 6. The second-order valence-corrected chi connectivity index (χ2v) is 6.47. The minimum atomic E-state index is 0.111. The first-order valence-electron chi connectivity index (χ1n) is 3.95. The largest absolute Gasteiger partial charge is 0.391 e. The van der Waals surface area contributed by atoms with Gasteiger partial charge in [-0.25, -0.2) is 0 Å². The highest BCUT2D eigenvalue weighted by Crippen LogP contribution is 2.34. The van der Waals surface area contributed by atoms with Crippen molar-refractivity contribution in [1.82, 2.24) is 10.2 Å². The third-order valence-corrected chi connectivity index (χ3v) is 4.58. The number of aliphatic hydroxyl groups excluding tert-OH is 1. The van der Waals surface area contributed by atoms with E-state index in [1.54, 1.807) is 34.4 Å². The van der Waals surface area contributed by atoms with Gasteiger partial charge in [-0.05, 0) is 30.8 Å². The van der Waals surface area contributed by atoms with Crippen molar-refractivity contribution < 1.29 is 5.11 Å². The van der Waals surface area contributed by atoms with Crippen molar-refractivity contribution in [3.63, 3.8) is 0 Å². The Balaban J connectivity index is 2.10. The lowest BCUT2D eigenvalue weighted by Crippen LogP contribution is -1.70. The van der Waals surface area contributed by atoms with E-state index in [0.29, 0.717) is 0 Å². The van der Waals surface area contributed by atoms with Gasteiger partial charge in [-0.1, -0.05) is 11.3 Å². The number of aliphatic hydroxyl groups is 1. The normalized spacial score (nSPS) is 10.7. The monoisotopic (exact) mass is 244 g/mol. The second-order valence-electron chi connectivity index (χ2n) is 2.57. The molecule has 0 saturated carbocycles. The molecule has 2 aromatic rings. The summed E-state index contributed by atoms with van der Waals surface area (Å²) in [5.74, 6) is 0. The van der Waals surface area contributed by atoms with E-state index in [1.807, 2.05) is 19.1 Å². The highest BCUT2D eigenvalue weighted by atomic mass is 32.2. The number of nitrogens with zero attached hydrogens (tertiary/aromatic N) is 2. The van der Waals surface area contributed by atoms with Crippen molar-refractivity contribution in [3.8, 4) is 0 Å². The molecule has 74 valence electrons. The maximum atomic E-state index is 8.90. The van der Waals surface area contributed by atoms with Crippen LogP contribution in [0.2, 0.25) is 0 Å². The molecule has 0 spiro atoms. The van der Waals surface area contributed by atoms with Crippen LogP contribution in [-0.4, -0.2) is 15.3 Å². The molecule has 0 aliphatic carbocycles. The lowest BCUT2D eigenvalue weighted by molar-refractivity contribution is 0.285. The molecule has 14 heavy (non-hydrogen) atoms. The number of aromatic nitrogens is 2. The van der Waals surface area contributed by atoms with E-state index in [2.05, 4.69) is 10.2 Å². The van der Waals surface area contributed by atoms with Crippen molar-refractivity contribution in [2.24, 2.45) is 0 Å². The molecular formula is C8H8N2OS3. The average Bonchev–Trinajstić information content (AvgIpc) is 2.76. The first-order valence-corrected chi connectivity index (χ1v) is 6.40. The molecule has 2 aromatic heterocycles. The van der Waals surface area contributed by atoms with Gasteiger partial charge in [0.1, 0.15) is 5.01 Å². The molecule has 2 heterocycles. The molecule has 0 fully saturated rings. The number of aryl methyl sites for hydroxylation is 1. The summed E-state index contributed by atoms with van der Waals surface area (Å²) in [4.78, 5) is 0.980. The molecule has 0 aliphatic heterocycles. The molecule has 0 atom stereocenters. The molecule has 3 nitrogen and oxygen atoms in total. The molecule has 0 saturated heterocycles. The Hall–Kier alpha value is -0.430. The zero-order valence-electron chi connectivity index (χ0n) is 7.43. The first-order chi connectivity index (χ1) is 6.78. The van der Waals surface area contributed by atoms with Crippen LogP contribution in [0.15, 0.2) is 20.7 Å². The Morgan fingerprint density at radius 3 is 2.79 bits per heavy atom. The summed E-state index contributed by atoms with van der Waals surface area (Å²) in [6.07, 6.45) is 0. The van der Waals surface area contributed by atoms with Gasteiger partial charge in [0.2, 0.25) is 0 Å². The third-order valence-electron chi connectivity index (χ3n) is 1.49. The van der Waals surface area contributed by atoms with E-state index in [1.165, 1.54) is 0 Å². The van der Waals surface area contributed by atoms with Crippen LogP contribution in [0.25, 0.3) is 0 Å². The minimum Gasteiger partial charge on any atom is -0.391 e. The van der Waals surface area contributed by atoms with Crippen molar-refractivity contribution in [2.45, 2.75) is 22.1 Å². The molecule has 2 rings (SSSR count). The van der Waals surface area contributed by atoms with Crippen LogP contribution in [0.4, 0.5) is 0 Å². The zero-order chi connectivity index (χ0) is 9.97. The van der Waals surface area contributed by atoms with Gasteiger partial charge in [0.05, 0.1) is 10.8 Å². The lowest BCUT2D eigenvalue weighted by Gasteiger charge is -1.88. The van der Waals surface area contributed by atoms with Crippen LogP contribution in [0.1, 0.15) is 9.88 Å². The summed E-state index contributed by atoms with van der Waals surface area (Å²) in [5.41, 5.74) is 0. The van der Waals surface area contributed by atoms with Gasteiger partial charge in [0, 0.05) is 4.88 Å². The molecule has 0 radical (unpaired) electrons. The molecule has 0 bridgehead atoms. The van der Waals surface area contributed by atoms with Crippen molar-refractivity contribution in [2.75, 3.05) is 0 Å². The van der Waals surface area contributed by atoms with Gasteiger partial charge in [0.15, 0.2) is 4.34 Å². The fourth-order valence-corrected chi connectivity index (χ4v) is 3.99. The third kappa shape index (κ3) is 2.33. The van der Waals surface area contributed by atoms with Crippen LogP contribution in [-0.2, 0) is 6.61 Å². The summed E-state index contributed by atoms with van der Waals surface area (Å²) >= 11 is 4.77. The highest BCUT2D eigenvalue weighted by molar-refractivity contribution is 8.02. The predicted molar refractivity (Wildman–Crippen MR) is 59.0 cm³/mol. The van der Waals surface area contributed by atoms with Crippen LogP contribution >= 0.6 is 34.4 Å². The van der Waals surface area contributed by atoms with Gasteiger partial charge in [-0.15, -0.1) is 21.5 Å². The van der Waals surface area contributed by atoms with Crippen molar-refractivity contribution >= 4 is 34.4 Å². The van der Waals surface area contributed by atoms with Gasteiger partial charge >= 0.3 is 0 Å². The van der Waals surface area contributed by atoms with Gasteiger partial charge in [-0.3, -0.25) is 0 Å². The Morgan fingerprint density at radius 1 is 1.36 bits per heavy atom. The zero-order valence-corrected chi connectivity index (χ0v) is 9.88. The summed E-state index contributed by atoms with van der Waals surface area (Å²) in [7, 11) is 0. The van der Waals surface area contributed by atoms with E-state index in [0.717, 1.165) is 18.4 Å². The number of rotatable bonds is 3. The van der Waals surface area contributed by atoms with Crippen LogP contribution in [0.3, 0.4) is 0 Å². The SMILES string of the molecule is Cc1nnc(Sc2ccc(CO)s2)s1. The molecule has 1 N–H and O–H groups in total. The topological polar surface area (TPSA) is 46.0 Å². The van der Waals surface area contributed by atoms with Gasteiger partial charge < -0.3 is 5.11 Å². The smallest absolute Gasteiger partial charge is 0.179 e. The molecule has 6 heteroatoms. The van der Waals surface area contributed by atoms with Gasteiger partial charge in [0.25, 0.3) is 0 Å². The fourth-order valence-electron chi connectivity index (χ4n) is 0.904.